The zero-order chi connectivity index (χ0) is 13.2. The van der Waals surface area contributed by atoms with Crippen LogP contribution in [0.4, 0.5) is 0 Å². The van der Waals surface area contributed by atoms with E-state index in [2.05, 4.69) is 9.97 Å². The molecular weight excluding hydrogens is 252 g/mol. The minimum Gasteiger partial charge on any atom is -0.387 e. The van der Waals surface area contributed by atoms with Crippen molar-refractivity contribution in [3.63, 3.8) is 0 Å². The first-order valence-corrected chi connectivity index (χ1v) is 8.07. The fourth-order valence-corrected chi connectivity index (χ4v) is 3.77. The standard InChI is InChI=1S/C12H18N2O3S/c1-18(16,17)10-4-2-3-9(7-10)12(15)11-5-6-13-8-14-11/h5-6,8-10,12,15H,2-4,7H2,1H3. The lowest BCUT2D eigenvalue weighted by Gasteiger charge is -2.30. The number of aromatic nitrogens is 2. The molecule has 5 nitrogen and oxygen atoms in total. The maximum Gasteiger partial charge on any atom is 0.150 e. The third-order valence-corrected chi connectivity index (χ3v) is 5.27. The molecule has 1 aliphatic carbocycles. The van der Waals surface area contributed by atoms with Crippen molar-refractivity contribution in [2.75, 3.05) is 6.26 Å². The van der Waals surface area contributed by atoms with Gasteiger partial charge in [0.1, 0.15) is 16.2 Å². The maximum absolute atomic E-state index is 11.6. The third-order valence-electron chi connectivity index (χ3n) is 3.63. The van der Waals surface area contributed by atoms with E-state index in [1.807, 2.05) is 0 Å². The number of aliphatic hydroxyl groups excluding tert-OH is 1. The summed E-state index contributed by atoms with van der Waals surface area (Å²) >= 11 is 0. The highest BCUT2D eigenvalue weighted by molar-refractivity contribution is 7.91. The van der Waals surface area contributed by atoms with Crippen LogP contribution < -0.4 is 0 Å². The maximum atomic E-state index is 11.6. The van der Waals surface area contributed by atoms with E-state index in [1.165, 1.54) is 12.6 Å². The van der Waals surface area contributed by atoms with E-state index in [-0.39, 0.29) is 11.2 Å². The molecular formula is C12H18N2O3S. The molecule has 1 heterocycles. The van der Waals surface area contributed by atoms with E-state index < -0.39 is 15.9 Å². The Hall–Kier alpha value is -1.01. The van der Waals surface area contributed by atoms with Gasteiger partial charge in [-0.2, -0.15) is 0 Å². The van der Waals surface area contributed by atoms with Crippen molar-refractivity contribution >= 4 is 9.84 Å². The summed E-state index contributed by atoms with van der Waals surface area (Å²) in [5.74, 6) is -0.0339. The summed E-state index contributed by atoms with van der Waals surface area (Å²) in [6.07, 6.45) is 6.46. The van der Waals surface area contributed by atoms with Crippen molar-refractivity contribution in [3.8, 4) is 0 Å². The largest absolute Gasteiger partial charge is 0.387 e. The Kier molecular flexibility index (Phi) is 3.97. The minimum atomic E-state index is -3.02. The molecule has 1 aliphatic rings. The van der Waals surface area contributed by atoms with Gasteiger partial charge in [-0.15, -0.1) is 0 Å². The van der Waals surface area contributed by atoms with E-state index in [0.29, 0.717) is 18.5 Å². The van der Waals surface area contributed by atoms with Gasteiger partial charge in [0.25, 0.3) is 0 Å². The molecule has 0 aromatic carbocycles. The van der Waals surface area contributed by atoms with E-state index in [4.69, 9.17) is 0 Å². The normalized spacial score (nSPS) is 26.8. The second kappa shape index (κ2) is 5.32. The van der Waals surface area contributed by atoms with Gasteiger partial charge in [-0.3, -0.25) is 0 Å². The van der Waals surface area contributed by atoms with Crippen LogP contribution in [0.5, 0.6) is 0 Å². The predicted molar refractivity (Wildman–Crippen MR) is 67.6 cm³/mol. The zero-order valence-electron chi connectivity index (χ0n) is 10.4. The SMILES string of the molecule is CS(=O)(=O)C1CCCC(C(O)c2ccncn2)C1. The summed E-state index contributed by atoms with van der Waals surface area (Å²) in [5.41, 5.74) is 0.573. The van der Waals surface area contributed by atoms with Crippen LogP contribution in [0.15, 0.2) is 18.6 Å². The van der Waals surface area contributed by atoms with Gasteiger partial charge in [-0.25, -0.2) is 18.4 Å². The summed E-state index contributed by atoms with van der Waals surface area (Å²) in [4.78, 5) is 7.84. The highest BCUT2D eigenvalue weighted by Gasteiger charge is 2.33. The highest BCUT2D eigenvalue weighted by atomic mass is 32.2. The minimum absolute atomic E-state index is 0.0339. The van der Waals surface area contributed by atoms with Crippen molar-refractivity contribution in [3.05, 3.63) is 24.3 Å². The smallest absolute Gasteiger partial charge is 0.150 e. The number of hydrogen-bond donors (Lipinski definition) is 1. The third kappa shape index (κ3) is 3.05. The first-order chi connectivity index (χ1) is 8.48. The lowest BCUT2D eigenvalue weighted by molar-refractivity contribution is 0.0819. The van der Waals surface area contributed by atoms with Gasteiger partial charge >= 0.3 is 0 Å². The van der Waals surface area contributed by atoms with E-state index in [0.717, 1.165) is 12.8 Å². The molecule has 18 heavy (non-hydrogen) atoms. The second-order valence-corrected chi connectivity index (χ2v) is 7.28. The molecule has 100 valence electrons. The van der Waals surface area contributed by atoms with Crippen molar-refractivity contribution in [1.82, 2.24) is 9.97 Å². The van der Waals surface area contributed by atoms with Gasteiger partial charge in [0.15, 0.2) is 0 Å². The first kappa shape index (κ1) is 13.4. The Balaban J connectivity index is 2.10. The molecule has 1 aromatic rings. The number of sulfone groups is 1. The van der Waals surface area contributed by atoms with Crippen molar-refractivity contribution in [1.29, 1.82) is 0 Å². The van der Waals surface area contributed by atoms with Crippen molar-refractivity contribution in [2.24, 2.45) is 5.92 Å². The van der Waals surface area contributed by atoms with Gasteiger partial charge in [0, 0.05) is 12.5 Å². The van der Waals surface area contributed by atoms with E-state index in [9.17, 15) is 13.5 Å². The lowest BCUT2D eigenvalue weighted by Crippen LogP contribution is -2.30. The number of hydrogen-bond acceptors (Lipinski definition) is 5. The molecule has 6 heteroatoms. The molecule has 0 radical (unpaired) electrons. The quantitative estimate of drug-likeness (QED) is 0.890. The van der Waals surface area contributed by atoms with Gasteiger partial charge in [0.05, 0.1) is 17.0 Å². The molecule has 0 amide bonds. The Labute approximate surface area is 107 Å². The van der Waals surface area contributed by atoms with Gasteiger partial charge < -0.3 is 5.11 Å². The van der Waals surface area contributed by atoms with E-state index in [1.54, 1.807) is 12.3 Å². The van der Waals surface area contributed by atoms with Crippen LogP contribution in [0.3, 0.4) is 0 Å². The van der Waals surface area contributed by atoms with Crippen LogP contribution in [0.25, 0.3) is 0 Å². The van der Waals surface area contributed by atoms with Gasteiger partial charge in [0.2, 0.25) is 0 Å². The second-order valence-electron chi connectivity index (χ2n) is 4.96. The zero-order valence-corrected chi connectivity index (χ0v) is 11.2. The molecule has 1 fully saturated rings. The average molecular weight is 270 g/mol. The van der Waals surface area contributed by atoms with Gasteiger partial charge in [-0.05, 0) is 31.2 Å². The molecule has 0 bridgehead atoms. The van der Waals surface area contributed by atoms with Crippen LogP contribution in [0, 0.1) is 5.92 Å². The molecule has 1 aromatic heterocycles. The van der Waals surface area contributed by atoms with Crippen LogP contribution in [-0.4, -0.2) is 35.0 Å². The number of nitrogens with zero attached hydrogens (tertiary/aromatic N) is 2. The fraction of sp³-hybridized carbons (Fsp3) is 0.667. The molecule has 0 saturated heterocycles. The van der Waals surface area contributed by atoms with Crippen molar-refractivity contribution in [2.45, 2.75) is 37.0 Å². The monoisotopic (exact) mass is 270 g/mol. The summed E-state index contributed by atoms with van der Waals surface area (Å²) in [6.45, 7) is 0. The highest BCUT2D eigenvalue weighted by Crippen LogP contribution is 2.35. The topological polar surface area (TPSA) is 80.2 Å². The lowest BCUT2D eigenvalue weighted by atomic mass is 9.84. The molecule has 2 rings (SSSR count). The molecule has 1 N–H and O–H groups in total. The number of rotatable bonds is 3. The predicted octanol–water partition coefficient (Wildman–Crippen LogP) is 1.11. The number of aliphatic hydroxyl groups is 1. The summed E-state index contributed by atoms with van der Waals surface area (Å²) in [7, 11) is -3.02. The fourth-order valence-electron chi connectivity index (χ4n) is 2.57. The van der Waals surface area contributed by atoms with Crippen LogP contribution in [0.2, 0.25) is 0 Å². The summed E-state index contributed by atoms with van der Waals surface area (Å²) in [5, 5.41) is 9.92. The Morgan fingerprint density at radius 2 is 2.22 bits per heavy atom. The van der Waals surface area contributed by atoms with Gasteiger partial charge in [-0.1, -0.05) is 6.42 Å². The molecule has 0 spiro atoms. The first-order valence-electron chi connectivity index (χ1n) is 6.11. The van der Waals surface area contributed by atoms with Crippen LogP contribution in [0.1, 0.15) is 37.5 Å². The molecule has 0 aliphatic heterocycles. The molecule has 1 saturated carbocycles. The Morgan fingerprint density at radius 3 is 2.83 bits per heavy atom. The average Bonchev–Trinajstić information content (AvgIpc) is 2.38. The Bertz CT molecular complexity index is 489. The Morgan fingerprint density at radius 1 is 1.44 bits per heavy atom. The van der Waals surface area contributed by atoms with E-state index >= 15 is 0 Å². The van der Waals surface area contributed by atoms with Crippen LogP contribution in [-0.2, 0) is 9.84 Å². The molecule has 3 atom stereocenters. The van der Waals surface area contributed by atoms with Crippen LogP contribution >= 0.6 is 0 Å². The molecule has 3 unspecified atom stereocenters. The summed E-state index contributed by atoms with van der Waals surface area (Å²) in [6, 6.07) is 1.68. The summed E-state index contributed by atoms with van der Waals surface area (Å²) < 4.78 is 23.2. The van der Waals surface area contributed by atoms with Crippen molar-refractivity contribution < 1.29 is 13.5 Å².